The minimum atomic E-state index is -3.41. The Hall–Kier alpha value is -2.69. The number of halogens is 2. The fourth-order valence-corrected chi connectivity index (χ4v) is 3.92. The Morgan fingerprint density at radius 1 is 0.605 bits per heavy atom. The van der Waals surface area contributed by atoms with Crippen LogP contribution in [0.5, 0.6) is 11.5 Å². The van der Waals surface area contributed by atoms with Crippen LogP contribution in [0.15, 0.2) is 106 Å². The third-order valence-corrected chi connectivity index (χ3v) is 6.71. The van der Waals surface area contributed by atoms with Crippen LogP contribution in [-0.2, 0) is 40.7 Å². The van der Waals surface area contributed by atoms with Crippen molar-refractivity contribution in [3.63, 3.8) is 0 Å². The number of benzene rings is 4. The monoisotopic (exact) mass is 664 g/mol. The number of aliphatic hydroxyl groups excluding tert-OH is 1. The predicted octanol–water partition coefficient (Wildman–Crippen LogP) is 7.27. The van der Waals surface area contributed by atoms with Gasteiger partial charge in [-0.3, -0.25) is 4.18 Å². The first-order valence-corrected chi connectivity index (χ1v) is 15.0. The minimum Gasteiger partial charge on any atom is -0.489 e. The number of rotatable bonds is 10. The lowest BCUT2D eigenvalue weighted by molar-refractivity contribution is 0.281. The molecular weight excluding hydrogens is 636 g/mol. The van der Waals surface area contributed by atoms with Gasteiger partial charge in [-0.1, -0.05) is 80.4 Å². The average molecular weight is 666 g/mol. The second-order valence-electron chi connectivity index (χ2n) is 8.24. The fourth-order valence-electron chi connectivity index (χ4n) is 3.04. The van der Waals surface area contributed by atoms with Gasteiger partial charge in [0.05, 0.1) is 19.5 Å². The molecule has 38 heavy (non-hydrogen) atoms. The van der Waals surface area contributed by atoms with Gasteiger partial charge < -0.3 is 14.6 Å². The molecule has 4 rings (SSSR count). The molecule has 0 saturated heterocycles. The van der Waals surface area contributed by atoms with Crippen molar-refractivity contribution in [3.8, 4) is 11.5 Å². The number of hydrogen-bond acceptors (Lipinski definition) is 6. The zero-order valence-corrected chi connectivity index (χ0v) is 24.7. The highest BCUT2D eigenvalue weighted by atomic mass is 79.9. The first kappa shape index (κ1) is 29.9. The summed E-state index contributed by atoms with van der Waals surface area (Å²) in [6.07, 6.45) is 1.04. The largest absolute Gasteiger partial charge is 0.489 e. The van der Waals surface area contributed by atoms with Crippen molar-refractivity contribution in [2.45, 2.75) is 26.4 Å². The number of hydrogen-bond donors (Lipinski definition) is 1. The standard InChI is InChI=1S/C15H15BrO4S.C14H13BrO2.H2/c1-21(17,18)20-11-13-4-2-12(3-5-13)10-19-15-8-6-14(16)7-9-15;15-13-5-7-14(8-6-13)17-10-12-3-1-11(9-16)2-4-12;/h2-9H,10-11H2,1H3;1-8,16H,9-10H2;1H. The highest BCUT2D eigenvalue weighted by Gasteiger charge is 2.03. The van der Waals surface area contributed by atoms with Gasteiger partial charge in [0.25, 0.3) is 10.1 Å². The van der Waals surface area contributed by atoms with Gasteiger partial charge in [-0.2, -0.15) is 8.42 Å². The Morgan fingerprint density at radius 2 is 0.947 bits per heavy atom. The maximum atomic E-state index is 10.9. The van der Waals surface area contributed by atoms with E-state index in [-0.39, 0.29) is 14.6 Å². The topological polar surface area (TPSA) is 82.1 Å². The Labute approximate surface area is 242 Å². The molecule has 0 amide bonds. The molecule has 202 valence electrons. The van der Waals surface area contributed by atoms with Gasteiger partial charge in [-0.25, -0.2) is 0 Å². The fraction of sp³-hybridized carbons (Fsp3) is 0.172. The molecule has 4 aromatic carbocycles. The molecule has 0 radical (unpaired) electrons. The zero-order chi connectivity index (χ0) is 27.4. The highest BCUT2D eigenvalue weighted by molar-refractivity contribution is 9.10. The van der Waals surface area contributed by atoms with E-state index in [2.05, 4.69) is 31.9 Å². The van der Waals surface area contributed by atoms with E-state index in [4.69, 9.17) is 18.8 Å². The summed E-state index contributed by atoms with van der Waals surface area (Å²) in [7, 11) is -3.41. The maximum absolute atomic E-state index is 10.9. The van der Waals surface area contributed by atoms with Gasteiger partial charge in [0.2, 0.25) is 0 Å². The Morgan fingerprint density at radius 3 is 1.29 bits per heavy atom. The van der Waals surface area contributed by atoms with Gasteiger partial charge >= 0.3 is 0 Å². The summed E-state index contributed by atoms with van der Waals surface area (Å²) in [6, 6.07) is 30.5. The second-order valence-corrected chi connectivity index (χ2v) is 11.7. The van der Waals surface area contributed by atoms with Crippen molar-refractivity contribution in [2.75, 3.05) is 6.26 Å². The summed E-state index contributed by atoms with van der Waals surface area (Å²) in [4.78, 5) is 0. The van der Waals surface area contributed by atoms with Crippen molar-refractivity contribution in [1.29, 1.82) is 0 Å². The summed E-state index contributed by atoms with van der Waals surface area (Å²) in [5.74, 6) is 1.64. The molecule has 4 aromatic rings. The number of ether oxygens (including phenoxy) is 2. The van der Waals surface area contributed by atoms with Crippen LogP contribution in [0.4, 0.5) is 0 Å². The zero-order valence-electron chi connectivity index (χ0n) is 20.7. The van der Waals surface area contributed by atoms with E-state index < -0.39 is 10.1 Å². The van der Waals surface area contributed by atoms with Gasteiger partial charge in [-0.05, 0) is 70.8 Å². The summed E-state index contributed by atoms with van der Waals surface area (Å²) in [5, 5.41) is 8.93. The van der Waals surface area contributed by atoms with Crippen LogP contribution in [0.2, 0.25) is 0 Å². The highest BCUT2D eigenvalue weighted by Crippen LogP contribution is 2.19. The van der Waals surface area contributed by atoms with E-state index in [1.165, 1.54) is 0 Å². The molecule has 0 aromatic heterocycles. The quantitative estimate of drug-likeness (QED) is 0.180. The van der Waals surface area contributed by atoms with Gasteiger partial charge in [-0.15, -0.1) is 0 Å². The molecule has 0 aliphatic rings. The van der Waals surface area contributed by atoms with Crippen LogP contribution < -0.4 is 9.47 Å². The second kappa shape index (κ2) is 15.0. The maximum Gasteiger partial charge on any atom is 0.264 e. The van der Waals surface area contributed by atoms with E-state index in [0.29, 0.717) is 13.2 Å². The molecule has 0 saturated carbocycles. The molecule has 0 unspecified atom stereocenters. The summed E-state index contributed by atoms with van der Waals surface area (Å²) < 4.78 is 39.9. The van der Waals surface area contributed by atoms with E-state index in [0.717, 1.165) is 49.0 Å². The van der Waals surface area contributed by atoms with Crippen molar-refractivity contribution < 1.29 is 28.6 Å². The molecule has 0 fully saturated rings. The molecule has 0 aliphatic carbocycles. The molecule has 9 heteroatoms. The molecule has 0 bridgehead atoms. The van der Waals surface area contributed by atoms with Crippen molar-refractivity contribution in [2.24, 2.45) is 0 Å². The Balaban J connectivity index is 0.000000272. The third-order valence-electron chi connectivity index (χ3n) is 5.11. The van der Waals surface area contributed by atoms with Crippen LogP contribution in [-0.4, -0.2) is 19.8 Å². The van der Waals surface area contributed by atoms with Crippen molar-refractivity contribution >= 4 is 42.0 Å². The normalized spacial score (nSPS) is 10.8. The average Bonchev–Trinajstić information content (AvgIpc) is 2.92. The lowest BCUT2D eigenvalue weighted by Gasteiger charge is -2.07. The minimum absolute atomic E-state index is 0. The SMILES string of the molecule is CS(=O)(=O)OCc1ccc(COc2ccc(Br)cc2)cc1.OCc1ccc(COc2ccc(Br)cc2)cc1.[HH]. The molecule has 6 nitrogen and oxygen atoms in total. The van der Waals surface area contributed by atoms with Crippen LogP contribution in [0.1, 0.15) is 23.7 Å². The van der Waals surface area contributed by atoms with E-state index >= 15 is 0 Å². The van der Waals surface area contributed by atoms with Crippen molar-refractivity contribution in [1.82, 2.24) is 0 Å². The van der Waals surface area contributed by atoms with Crippen LogP contribution in [0, 0.1) is 0 Å². The molecule has 1 N–H and O–H groups in total. The van der Waals surface area contributed by atoms with Gasteiger partial charge in [0, 0.05) is 10.4 Å². The summed E-state index contributed by atoms with van der Waals surface area (Å²) in [6.45, 7) is 1.11. The van der Waals surface area contributed by atoms with Crippen LogP contribution in [0.3, 0.4) is 0 Å². The molecule has 0 aliphatic heterocycles. The summed E-state index contributed by atoms with van der Waals surface area (Å²) in [5.41, 5.74) is 3.80. The Bertz CT molecular complexity index is 1360. The van der Waals surface area contributed by atoms with Gasteiger partial charge in [0.15, 0.2) is 0 Å². The van der Waals surface area contributed by atoms with E-state index in [1.54, 1.807) is 0 Å². The smallest absolute Gasteiger partial charge is 0.264 e. The number of aliphatic hydroxyl groups is 1. The first-order valence-electron chi connectivity index (χ1n) is 11.6. The van der Waals surface area contributed by atoms with Gasteiger partial charge in [0.1, 0.15) is 24.7 Å². The molecule has 0 spiro atoms. The molecular formula is C29H30Br2O6S. The van der Waals surface area contributed by atoms with Crippen LogP contribution >= 0.6 is 31.9 Å². The predicted molar refractivity (Wildman–Crippen MR) is 158 cm³/mol. The van der Waals surface area contributed by atoms with E-state index in [9.17, 15) is 8.42 Å². The molecule has 0 heterocycles. The third kappa shape index (κ3) is 11.4. The molecule has 0 atom stereocenters. The van der Waals surface area contributed by atoms with Crippen LogP contribution in [0.25, 0.3) is 0 Å². The first-order chi connectivity index (χ1) is 18.2. The Kier molecular flexibility index (Phi) is 11.8. The lowest BCUT2D eigenvalue weighted by atomic mass is 10.1. The van der Waals surface area contributed by atoms with E-state index in [1.807, 2.05) is 97.1 Å². The lowest BCUT2D eigenvalue weighted by Crippen LogP contribution is -2.03. The summed E-state index contributed by atoms with van der Waals surface area (Å²) >= 11 is 6.75. The van der Waals surface area contributed by atoms with Crippen molar-refractivity contribution in [3.05, 3.63) is 128 Å².